The first kappa shape index (κ1) is 15.3. The molecular weight excluding hydrogens is 318 g/mol. The second-order valence-electron chi connectivity index (χ2n) is 5.71. The molecule has 0 fully saturated rings. The van der Waals surface area contributed by atoms with Crippen molar-refractivity contribution in [2.75, 3.05) is 26.6 Å². The third-order valence-electron chi connectivity index (χ3n) is 4.32. The van der Waals surface area contributed by atoms with Crippen molar-refractivity contribution in [2.45, 2.75) is 0 Å². The lowest BCUT2D eigenvalue weighted by Crippen LogP contribution is -1.92. The number of anilines is 2. The summed E-state index contributed by atoms with van der Waals surface area (Å²) in [4.78, 5) is 0. The van der Waals surface area contributed by atoms with E-state index in [2.05, 4.69) is 21.6 Å². The molecule has 25 heavy (non-hydrogen) atoms. The Labute approximate surface area is 145 Å². The molecule has 1 aliphatic heterocycles. The standard InChI is InChI=1S/C19H19N3O3/c1-23-13-6-4-5-12(9-13)20-19-15-7-11-8-16(24-2)17(25-3)10-14(11)18(15)21-22-19/h4-10,20-22H,1-3H3. The maximum atomic E-state index is 5.41. The fraction of sp³-hybridized carbons (Fsp3) is 0.158. The molecule has 0 aromatic heterocycles. The number of aromatic nitrogens is 2. The number of hydrogen-bond donors (Lipinski definition) is 3. The van der Waals surface area contributed by atoms with Crippen LogP contribution in [0.4, 0.5) is 11.5 Å². The average Bonchev–Trinajstić information content (AvgIpc) is 3.20. The van der Waals surface area contributed by atoms with Gasteiger partial charge < -0.3 is 19.5 Å². The first-order valence-electron chi connectivity index (χ1n) is 7.89. The number of methoxy groups -OCH3 is 3. The summed E-state index contributed by atoms with van der Waals surface area (Å²) in [6.07, 6.45) is 0. The molecule has 2 aromatic rings. The molecule has 0 saturated carbocycles. The molecule has 6 nitrogen and oxygen atoms in total. The van der Waals surface area contributed by atoms with Crippen LogP contribution in [0.2, 0.25) is 0 Å². The lowest BCUT2D eigenvalue weighted by atomic mass is 10.2. The van der Waals surface area contributed by atoms with E-state index < -0.39 is 0 Å². The van der Waals surface area contributed by atoms with Crippen molar-refractivity contribution in [1.29, 1.82) is 0 Å². The van der Waals surface area contributed by atoms with Gasteiger partial charge in [0.1, 0.15) is 11.6 Å². The molecule has 1 aliphatic carbocycles. The van der Waals surface area contributed by atoms with Gasteiger partial charge in [-0.05, 0) is 35.7 Å². The van der Waals surface area contributed by atoms with Gasteiger partial charge in [-0.3, -0.25) is 10.2 Å². The van der Waals surface area contributed by atoms with Crippen LogP contribution in [-0.2, 0) is 0 Å². The zero-order valence-corrected chi connectivity index (χ0v) is 14.3. The molecule has 0 atom stereocenters. The highest BCUT2D eigenvalue weighted by Gasteiger charge is 2.19. The van der Waals surface area contributed by atoms with Crippen molar-refractivity contribution in [1.82, 2.24) is 10.2 Å². The van der Waals surface area contributed by atoms with Crippen LogP contribution in [0.25, 0.3) is 22.0 Å². The Balaban J connectivity index is 1.76. The summed E-state index contributed by atoms with van der Waals surface area (Å²) in [7, 11) is 4.94. The molecule has 0 spiro atoms. The molecule has 4 rings (SSSR count). The maximum absolute atomic E-state index is 5.41. The normalized spacial score (nSPS) is 11.0. The summed E-state index contributed by atoms with van der Waals surface area (Å²) in [6, 6.07) is 13.9. The van der Waals surface area contributed by atoms with Crippen molar-refractivity contribution < 1.29 is 14.2 Å². The molecule has 2 aromatic carbocycles. The first-order valence-corrected chi connectivity index (χ1v) is 7.89. The fourth-order valence-corrected chi connectivity index (χ4v) is 3.07. The van der Waals surface area contributed by atoms with E-state index in [-0.39, 0.29) is 0 Å². The van der Waals surface area contributed by atoms with E-state index in [1.807, 2.05) is 36.4 Å². The monoisotopic (exact) mass is 337 g/mol. The Bertz CT molecular complexity index is 1000. The molecule has 6 heteroatoms. The second-order valence-corrected chi connectivity index (χ2v) is 5.71. The van der Waals surface area contributed by atoms with Crippen LogP contribution in [-0.4, -0.2) is 31.5 Å². The van der Waals surface area contributed by atoms with Gasteiger partial charge in [0, 0.05) is 22.7 Å². The first-order chi connectivity index (χ1) is 12.2. The van der Waals surface area contributed by atoms with Gasteiger partial charge in [-0.25, -0.2) is 0 Å². The SMILES string of the molecule is COc1cccc(Nc2[nH][nH]c3c4cc(OC)c(OC)cc4cc2-3)c1. The molecule has 0 amide bonds. The van der Waals surface area contributed by atoms with Crippen LogP contribution >= 0.6 is 0 Å². The number of rotatable bonds is 5. The van der Waals surface area contributed by atoms with Gasteiger partial charge in [-0.1, -0.05) is 6.07 Å². The Kier molecular flexibility index (Phi) is 3.65. The summed E-state index contributed by atoms with van der Waals surface area (Å²) >= 11 is 0. The quantitative estimate of drug-likeness (QED) is 0.506. The summed E-state index contributed by atoms with van der Waals surface area (Å²) in [5, 5.41) is 12.0. The summed E-state index contributed by atoms with van der Waals surface area (Å²) in [5.74, 6) is 3.12. The van der Waals surface area contributed by atoms with Crippen LogP contribution in [0.1, 0.15) is 0 Å². The van der Waals surface area contributed by atoms with E-state index in [9.17, 15) is 0 Å². The second kappa shape index (κ2) is 5.98. The van der Waals surface area contributed by atoms with Crippen LogP contribution in [0.5, 0.6) is 17.2 Å². The largest absolute Gasteiger partial charge is 0.497 e. The molecule has 1 heterocycles. The lowest BCUT2D eigenvalue weighted by molar-refractivity contribution is 0.356. The minimum absolute atomic E-state index is 0.708. The van der Waals surface area contributed by atoms with E-state index in [0.29, 0.717) is 11.5 Å². The summed E-state index contributed by atoms with van der Waals surface area (Å²) in [5.41, 5.74) is 3.02. The average molecular weight is 337 g/mol. The van der Waals surface area contributed by atoms with Crippen molar-refractivity contribution in [3.05, 3.63) is 42.5 Å². The molecule has 0 radical (unpaired) electrons. The number of nitrogens with one attached hydrogen (secondary N) is 3. The van der Waals surface area contributed by atoms with Crippen molar-refractivity contribution in [2.24, 2.45) is 0 Å². The Morgan fingerprint density at radius 2 is 1.64 bits per heavy atom. The highest BCUT2D eigenvalue weighted by molar-refractivity contribution is 6.05. The Hall–Kier alpha value is -3.28. The predicted molar refractivity (Wildman–Crippen MR) is 98.7 cm³/mol. The highest BCUT2D eigenvalue weighted by atomic mass is 16.5. The van der Waals surface area contributed by atoms with Crippen LogP contribution < -0.4 is 19.5 Å². The van der Waals surface area contributed by atoms with Gasteiger partial charge in [0.05, 0.1) is 27.0 Å². The van der Waals surface area contributed by atoms with E-state index in [1.165, 1.54) is 0 Å². The molecule has 2 aliphatic rings. The van der Waals surface area contributed by atoms with E-state index in [4.69, 9.17) is 14.2 Å². The van der Waals surface area contributed by atoms with Gasteiger partial charge in [0.2, 0.25) is 0 Å². The fourth-order valence-electron chi connectivity index (χ4n) is 3.07. The molecule has 128 valence electrons. The number of aromatic amines is 2. The number of ether oxygens (including phenoxy) is 3. The summed E-state index contributed by atoms with van der Waals surface area (Å²) in [6.45, 7) is 0. The van der Waals surface area contributed by atoms with E-state index >= 15 is 0 Å². The third kappa shape index (κ3) is 2.52. The van der Waals surface area contributed by atoms with Gasteiger partial charge in [-0.15, -0.1) is 0 Å². The number of hydrogen-bond acceptors (Lipinski definition) is 4. The highest BCUT2D eigenvalue weighted by Crippen LogP contribution is 2.42. The van der Waals surface area contributed by atoms with Crippen molar-refractivity contribution in [3.8, 4) is 28.5 Å². The predicted octanol–water partition coefficient (Wildman–Crippen LogP) is 4.37. The van der Waals surface area contributed by atoms with Crippen LogP contribution in [0, 0.1) is 0 Å². The number of H-pyrrole nitrogens is 2. The Morgan fingerprint density at radius 3 is 2.40 bits per heavy atom. The number of benzene rings is 2. The van der Waals surface area contributed by atoms with Gasteiger partial charge in [-0.2, -0.15) is 0 Å². The molecule has 0 saturated heterocycles. The molecule has 3 N–H and O–H groups in total. The molecule has 0 bridgehead atoms. The van der Waals surface area contributed by atoms with E-state index in [1.54, 1.807) is 21.3 Å². The van der Waals surface area contributed by atoms with Crippen molar-refractivity contribution in [3.63, 3.8) is 0 Å². The third-order valence-corrected chi connectivity index (χ3v) is 4.32. The minimum Gasteiger partial charge on any atom is -0.497 e. The van der Waals surface area contributed by atoms with E-state index in [0.717, 1.165) is 39.3 Å². The van der Waals surface area contributed by atoms with Gasteiger partial charge in [0.25, 0.3) is 0 Å². The zero-order chi connectivity index (χ0) is 17.4. The lowest BCUT2D eigenvalue weighted by Gasteiger charge is -2.07. The number of fused-ring (bicyclic) bond motifs is 3. The van der Waals surface area contributed by atoms with Gasteiger partial charge in [0.15, 0.2) is 11.5 Å². The molecule has 0 unspecified atom stereocenters. The van der Waals surface area contributed by atoms with Crippen LogP contribution in [0.15, 0.2) is 42.5 Å². The molecular formula is C19H19N3O3. The smallest absolute Gasteiger partial charge is 0.161 e. The van der Waals surface area contributed by atoms with Crippen LogP contribution in [0.3, 0.4) is 0 Å². The topological polar surface area (TPSA) is 71.3 Å². The zero-order valence-electron chi connectivity index (χ0n) is 14.3. The maximum Gasteiger partial charge on any atom is 0.161 e. The Morgan fingerprint density at radius 1 is 0.840 bits per heavy atom. The minimum atomic E-state index is 0.708. The van der Waals surface area contributed by atoms with Gasteiger partial charge >= 0.3 is 0 Å². The summed E-state index contributed by atoms with van der Waals surface area (Å²) < 4.78 is 16.1. The van der Waals surface area contributed by atoms with Crippen molar-refractivity contribution >= 4 is 22.3 Å².